The first kappa shape index (κ1) is 13.8. The average Bonchev–Trinajstić information content (AvgIpc) is 2.46. The Hall–Kier alpha value is -1.67. The number of nitrogens with zero attached hydrogens (tertiary/aromatic N) is 1. The fraction of sp³-hybridized carbons (Fsp3) is 0.133. The molecule has 0 heterocycles. The Balaban J connectivity index is 2.08. The molecule has 0 spiro atoms. The summed E-state index contributed by atoms with van der Waals surface area (Å²) in [5, 5.41) is 19.0. The standard InChI is InChI=1S/C15H12BrNO2/c16-14-8-4-2-6-12(14)10-19-15(18)13-7-3-1-5-11(13)9-17/h1-8,15,18H,10H2. The van der Waals surface area contributed by atoms with E-state index in [0.717, 1.165) is 10.0 Å². The van der Waals surface area contributed by atoms with Gasteiger partial charge in [-0.25, -0.2) is 0 Å². The van der Waals surface area contributed by atoms with Gasteiger partial charge in [-0.15, -0.1) is 0 Å². The van der Waals surface area contributed by atoms with Gasteiger partial charge < -0.3 is 9.84 Å². The lowest BCUT2D eigenvalue weighted by molar-refractivity contribution is -0.112. The number of aliphatic hydroxyl groups is 1. The molecule has 0 aliphatic rings. The molecule has 2 aromatic rings. The van der Waals surface area contributed by atoms with Crippen LogP contribution in [0.4, 0.5) is 0 Å². The second-order valence-corrected chi connectivity index (χ2v) is 4.81. The van der Waals surface area contributed by atoms with Crippen molar-refractivity contribution in [2.75, 3.05) is 0 Å². The van der Waals surface area contributed by atoms with Crippen LogP contribution < -0.4 is 0 Å². The minimum absolute atomic E-state index is 0.266. The van der Waals surface area contributed by atoms with E-state index in [4.69, 9.17) is 10.00 Å². The summed E-state index contributed by atoms with van der Waals surface area (Å²) in [5.74, 6) is 0. The molecule has 0 fully saturated rings. The highest BCUT2D eigenvalue weighted by atomic mass is 79.9. The third kappa shape index (κ3) is 3.42. The summed E-state index contributed by atoms with van der Waals surface area (Å²) in [5.41, 5.74) is 1.84. The van der Waals surface area contributed by atoms with Crippen LogP contribution in [0.1, 0.15) is 23.0 Å². The Morgan fingerprint density at radius 3 is 2.58 bits per heavy atom. The number of benzene rings is 2. The maximum Gasteiger partial charge on any atom is 0.182 e. The molecule has 0 radical (unpaired) electrons. The lowest BCUT2D eigenvalue weighted by Crippen LogP contribution is -2.05. The van der Waals surface area contributed by atoms with Crippen LogP contribution in [0.25, 0.3) is 0 Å². The van der Waals surface area contributed by atoms with Crippen LogP contribution in [-0.4, -0.2) is 5.11 Å². The first-order valence-electron chi connectivity index (χ1n) is 5.74. The monoisotopic (exact) mass is 317 g/mol. The molecule has 0 aromatic heterocycles. The van der Waals surface area contributed by atoms with Crippen LogP contribution in [-0.2, 0) is 11.3 Å². The molecule has 1 N–H and O–H groups in total. The predicted octanol–water partition coefficient (Wildman–Crippen LogP) is 3.53. The van der Waals surface area contributed by atoms with E-state index < -0.39 is 6.29 Å². The molecule has 96 valence electrons. The molecule has 0 saturated heterocycles. The molecule has 2 rings (SSSR count). The molecule has 0 amide bonds. The van der Waals surface area contributed by atoms with Gasteiger partial charge in [0.15, 0.2) is 6.29 Å². The summed E-state index contributed by atoms with van der Waals surface area (Å²) in [6.45, 7) is 0.266. The van der Waals surface area contributed by atoms with Crippen LogP contribution in [0.5, 0.6) is 0 Å². The fourth-order valence-corrected chi connectivity index (χ4v) is 2.09. The number of hydrogen-bond donors (Lipinski definition) is 1. The zero-order chi connectivity index (χ0) is 13.7. The first-order chi connectivity index (χ1) is 9.22. The molecule has 1 atom stereocenters. The summed E-state index contributed by atoms with van der Waals surface area (Å²) in [6.07, 6.45) is -1.11. The van der Waals surface area contributed by atoms with Gasteiger partial charge in [0, 0.05) is 10.0 Å². The van der Waals surface area contributed by atoms with Gasteiger partial charge in [0.25, 0.3) is 0 Å². The average molecular weight is 318 g/mol. The largest absolute Gasteiger partial charge is 0.364 e. The Morgan fingerprint density at radius 2 is 1.84 bits per heavy atom. The summed E-state index contributed by atoms with van der Waals surface area (Å²) in [6, 6.07) is 16.5. The van der Waals surface area contributed by atoms with E-state index in [1.807, 2.05) is 30.3 Å². The third-order valence-electron chi connectivity index (χ3n) is 2.70. The normalized spacial score (nSPS) is 11.8. The van der Waals surface area contributed by atoms with Crippen molar-refractivity contribution in [2.45, 2.75) is 12.9 Å². The molecule has 0 aliphatic heterocycles. The van der Waals surface area contributed by atoms with E-state index in [1.54, 1.807) is 24.3 Å². The van der Waals surface area contributed by atoms with Gasteiger partial charge in [0.2, 0.25) is 0 Å². The molecule has 1 unspecified atom stereocenters. The van der Waals surface area contributed by atoms with E-state index in [-0.39, 0.29) is 6.61 Å². The van der Waals surface area contributed by atoms with Crippen molar-refractivity contribution in [1.29, 1.82) is 5.26 Å². The number of rotatable bonds is 4. The smallest absolute Gasteiger partial charge is 0.182 e. The van der Waals surface area contributed by atoms with Gasteiger partial charge in [-0.1, -0.05) is 52.3 Å². The SMILES string of the molecule is N#Cc1ccccc1C(O)OCc1ccccc1Br. The van der Waals surface area contributed by atoms with Crippen molar-refractivity contribution in [2.24, 2.45) is 0 Å². The van der Waals surface area contributed by atoms with Gasteiger partial charge in [-0.3, -0.25) is 0 Å². The van der Waals surface area contributed by atoms with Gasteiger partial charge in [0.1, 0.15) is 0 Å². The summed E-state index contributed by atoms with van der Waals surface area (Å²) in [7, 11) is 0. The maximum atomic E-state index is 10.00. The highest BCUT2D eigenvalue weighted by Gasteiger charge is 2.12. The summed E-state index contributed by atoms with van der Waals surface area (Å²) >= 11 is 3.42. The van der Waals surface area contributed by atoms with Crippen molar-refractivity contribution in [3.05, 3.63) is 69.7 Å². The lowest BCUT2D eigenvalue weighted by atomic mass is 10.1. The van der Waals surface area contributed by atoms with Crippen molar-refractivity contribution in [3.63, 3.8) is 0 Å². The molecule has 2 aromatic carbocycles. The van der Waals surface area contributed by atoms with Crippen molar-refractivity contribution >= 4 is 15.9 Å². The van der Waals surface area contributed by atoms with Crippen molar-refractivity contribution in [1.82, 2.24) is 0 Å². The molecule has 0 saturated carbocycles. The number of hydrogen-bond acceptors (Lipinski definition) is 3. The number of nitriles is 1. The quantitative estimate of drug-likeness (QED) is 0.878. The Bertz CT molecular complexity index is 607. The van der Waals surface area contributed by atoms with Crippen LogP contribution in [0, 0.1) is 11.3 Å². The van der Waals surface area contributed by atoms with Crippen LogP contribution in [0.3, 0.4) is 0 Å². The van der Waals surface area contributed by atoms with Crippen LogP contribution >= 0.6 is 15.9 Å². The fourth-order valence-electron chi connectivity index (χ4n) is 1.69. The maximum absolute atomic E-state index is 10.00. The topological polar surface area (TPSA) is 53.2 Å². The summed E-state index contributed by atoms with van der Waals surface area (Å²) < 4.78 is 6.34. The molecular weight excluding hydrogens is 306 g/mol. The Morgan fingerprint density at radius 1 is 1.16 bits per heavy atom. The predicted molar refractivity (Wildman–Crippen MR) is 75.0 cm³/mol. The second kappa shape index (κ2) is 6.48. The molecule has 3 nitrogen and oxygen atoms in total. The van der Waals surface area contributed by atoms with Crippen molar-refractivity contribution < 1.29 is 9.84 Å². The third-order valence-corrected chi connectivity index (χ3v) is 3.48. The Kier molecular flexibility index (Phi) is 4.69. The molecule has 19 heavy (non-hydrogen) atoms. The van der Waals surface area contributed by atoms with E-state index in [0.29, 0.717) is 11.1 Å². The van der Waals surface area contributed by atoms with Crippen LogP contribution in [0.15, 0.2) is 53.0 Å². The lowest BCUT2D eigenvalue weighted by Gasteiger charge is -2.14. The van der Waals surface area contributed by atoms with E-state index >= 15 is 0 Å². The van der Waals surface area contributed by atoms with Gasteiger partial charge in [-0.2, -0.15) is 5.26 Å². The van der Waals surface area contributed by atoms with E-state index in [2.05, 4.69) is 15.9 Å². The molecule has 4 heteroatoms. The molecular formula is C15H12BrNO2. The number of halogens is 1. The van der Waals surface area contributed by atoms with Gasteiger partial charge in [-0.05, 0) is 17.7 Å². The van der Waals surface area contributed by atoms with E-state index in [9.17, 15) is 5.11 Å². The van der Waals surface area contributed by atoms with Crippen molar-refractivity contribution in [3.8, 4) is 6.07 Å². The highest BCUT2D eigenvalue weighted by Crippen LogP contribution is 2.22. The molecule has 0 bridgehead atoms. The second-order valence-electron chi connectivity index (χ2n) is 3.95. The number of aliphatic hydroxyl groups excluding tert-OH is 1. The van der Waals surface area contributed by atoms with Crippen LogP contribution in [0.2, 0.25) is 0 Å². The molecule has 0 aliphatic carbocycles. The summed E-state index contributed by atoms with van der Waals surface area (Å²) in [4.78, 5) is 0. The highest BCUT2D eigenvalue weighted by molar-refractivity contribution is 9.10. The number of ether oxygens (including phenoxy) is 1. The zero-order valence-corrected chi connectivity index (χ0v) is 11.7. The zero-order valence-electron chi connectivity index (χ0n) is 10.1. The Labute approximate surface area is 120 Å². The van der Waals surface area contributed by atoms with Gasteiger partial charge in [0.05, 0.1) is 18.2 Å². The minimum Gasteiger partial charge on any atom is -0.364 e. The minimum atomic E-state index is -1.11. The van der Waals surface area contributed by atoms with E-state index in [1.165, 1.54) is 0 Å². The van der Waals surface area contributed by atoms with Gasteiger partial charge >= 0.3 is 0 Å². The first-order valence-corrected chi connectivity index (χ1v) is 6.54.